The highest BCUT2D eigenvalue weighted by Crippen LogP contribution is 1.86. The molecule has 0 unspecified atom stereocenters. The largest absolute Gasteiger partial charge is 0.382 e. The van der Waals surface area contributed by atoms with Gasteiger partial charge in [-0.3, -0.25) is 0 Å². The van der Waals surface area contributed by atoms with Gasteiger partial charge in [0, 0.05) is 19.8 Å². The van der Waals surface area contributed by atoms with Crippen molar-refractivity contribution in [1.82, 2.24) is 4.90 Å². The molecule has 0 saturated carbocycles. The molecule has 0 saturated heterocycles. The Bertz CT molecular complexity index is 55.4. The molecule has 0 rings (SSSR count). The first kappa shape index (κ1) is 15.6. The van der Waals surface area contributed by atoms with Gasteiger partial charge in [0.05, 0.1) is 0 Å². The van der Waals surface area contributed by atoms with Crippen molar-refractivity contribution in [3.8, 4) is 0 Å². The molecular formula is C7H19N. The molecule has 0 aromatic heterocycles. The van der Waals surface area contributed by atoms with Crippen molar-refractivity contribution >= 4 is 0 Å². The highest BCUT2D eigenvalue weighted by molar-refractivity contribution is 4.82. The van der Waals surface area contributed by atoms with Gasteiger partial charge in [-0.15, -0.1) is 0 Å². The quantitative estimate of drug-likeness (QED) is 0.509. The summed E-state index contributed by atoms with van der Waals surface area (Å²) in [6.07, 6.45) is 0. The van der Waals surface area contributed by atoms with E-state index in [-0.39, 0.29) is 14.9 Å². The van der Waals surface area contributed by atoms with Crippen LogP contribution in [0, 0.1) is 0 Å². The maximum Gasteiger partial charge on any atom is 0.00578 e. The molecule has 8 heavy (non-hydrogen) atoms. The summed E-state index contributed by atoms with van der Waals surface area (Å²) < 4.78 is 0. The Kier molecular flexibility index (Phi) is 12.8. The molecule has 0 amide bonds. The van der Waals surface area contributed by atoms with Crippen molar-refractivity contribution in [2.45, 2.75) is 21.8 Å². The van der Waals surface area contributed by atoms with Gasteiger partial charge in [-0.05, 0) is 6.92 Å². The SMILES string of the molecule is C.C.C=C(C)N(C)C. The summed E-state index contributed by atoms with van der Waals surface area (Å²) in [5, 5.41) is 0. The van der Waals surface area contributed by atoms with Crippen molar-refractivity contribution in [3.63, 3.8) is 0 Å². The topological polar surface area (TPSA) is 3.24 Å². The molecule has 0 aliphatic heterocycles. The van der Waals surface area contributed by atoms with E-state index in [1.807, 2.05) is 25.9 Å². The Morgan fingerprint density at radius 3 is 1.38 bits per heavy atom. The normalized spacial score (nSPS) is 5.88. The second kappa shape index (κ2) is 6.54. The third-order valence-electron chi connectivity index (χ3n) is 0.763. The van der Waals surface area contributed by atoms with Crippen molar-refractivity contribution in [2.24, 2.45) is 0 Å². The number of nitrogens with zero attached hydrogens (tertiary/aromatic N) is 1. The zero-order chi connectivity index (χ0) is 5.15. The number of rotatable bonds is 1. The van der Waals surface area contributed by atoms with Gasteiger partial charge >= 0.3 is 0 Å². The monoisotopic (exact) mass is 117 g/mol. The number of allylic oxidation sites excluding steroid dienone is 1. The number of hydrogen-bond donors (Lipinski definition) is 0. The third-order valence-corrected chi connectivity index (χ3v) is 0.763. The van der Waals surface area contributed by atoms with Crippen LogP contribution in [0.15, 0.2) is 12.3 Å². The van der Waals surface area contributed by atoms with Crippen LogP contribution in [0.5, 0.6) is 0 Å². The molecule has 0 N–H and O–H groups in total. The van der Waals surface area contributed by atoms with E-state index in [1.165, 1.54) is 0 Å². The molecule has 0 fully saturated rings. The van der Waals surface area contributed by atoms with E-state index in [2.05, 4.69) is 6.58 Å². The molecule has 0 atom stereocenters. The Hall–Kier alpha value is -0.460. The lowest BCUT2D eigenvalue weighted by Crippen LogP contribution is -2.05. The highest BCUT2D eigenvalue weighted by atomic mass is 15.1. The maximum atomic E-state index is 3.68. The minimum atomic E-state index is 0. The lowest BCUT2D eigenvalue weighted by molar-refractivity contribution is 0.516. The van der Waals surface area contributed by atoms with Gasteiger partial charge in [-0.1, -0.05) is 21.4 Å². The summed E-state index contributed by atoms with van der Waals surface area (Å²) in [5.41, 5.74) is 1.09. The van der Waals surface area contributed by atoms with E-state index in [9.17, 15) is 0 Å². The van der Waals surface area contributed by atoms with E-state index >= 15 is 0 Å². The average Bonchev–Trinajstić information content (AvgIpc) is 1.36. The molecular weight excluding hydrogens is 98.1 g/mol. The second-order valence-electron chi connectivity index (χ2n) is 1.63. The van der Waals surface area contributed by atoms with Gasteiger partial charge < -0.3 is 4.90 Å². The fourth-order valence-corrected chi connectivity index (χ4v) is 0. The molecule has 0 radical (unpaired) electrons. The molecule has 0 aromatic carbocycles. The lowest BCUT2D eigenvalue weighted by Gasteiger charge is -2.08. The molecule has 0 spiro atoms. The summed E-state index contributed by atoms with van der Waals surface area (Å²) in [7, 11) is 3.95. The fourth-order valence-electron chi connectivity index (χ4n) is 0. The summed E-state index contributed by atoms with van der Waals surface area (Å²) in [4.78, 5) is 1.97. The van der Waals surface area contributed by atoms with Gasteiger partial charge in [0.25, 0.3) is 0 Å². The fraction of sp³-hybridized carbons (Fsp3) is 0.714. The standard InChI is InChI=1S/C5H11N.2CH4/c1-5(2)6(3)4;;/h1H2,2-4H3;2*1H4. The van der Waals surface area contributed by atoms with E-state index in [4.69, 9.17) is 0 Å². The first-order valence-corrected chi connectivity index (χ1v) is 1.97. The van der Waals surface area contributed by atoms with Crippen molar-refractivity contribution in [1.29, 1.82) is 0 Å². The first-order valence-electron chi connectivity index (χ1n) is 1.97. The van der Waals surface area contributed by atoms with Crippen LogP contribution in [0.4, 0.5) is 0 Å². The smallest absolute Gasteiger partial charge is 0.00578 e. The van der Waals surface area contributed by atoms with Crippen LogP contribution < -0.4 is 0 Å². The van der Waals surface area contributed by atoms with Gasteiger partial charge in [0.15, 0.2) is 0 Å². The third kappa shape index (κ3) is 9.11. The van der Waals surface area contributed by atoms with Crippen LogP contribution in [0.1, 0.15) is 21.8 Å². The minimum Gasteiger partial charge on any atom is -0.382 e. The number of hydrogen-bond acceptors (Lipinski definition) is 1. The Balaban J connectivity index is -0.000000125. The molecule has 1 heteroatoms. The zero-order valence-electron chi connectivity index (χ0n) is 4.65. The van der Waals surface area contributed by atoms with Crippen LogP contribution in [0.25, 0.3) is 0 Å². The Morgan fingerprint density at radius 1 is 1.25 bits per heavy atom. The van der Waals surface area contributed by atoms with E-state index in [1.54, 1.807) is 0 Å². The van der Waals surface area contributed by atoms with Gasteiger partial charge in [-0.25, -0.2) is 0 Å². The van der Waals surface area contributed by atoms with Gasteiger partial charge in [0.2, 0.25) is 0 Å². The summed E-state index contributed by atoms with van der Waals surface area (Å²) >= 11 is 0. The second-order valence-corrected chi connectivity index (χ2v) is 1.63. The molecule has 52 valence electrons. The molecule has 0 aliphatic carbocycles. The Morgan fingerprint density at radius 2 is 1.38 bits per heavy atom. The first-order chi connectivity index (χ1) is 2.64. The van der Waals surface area contributed by atoms with E-state index < -0.39 is 0 Å². The highest BCUT2D eigenvalue weighted by Gasteiger charge is 1.79. The van der Waals surface area contributed by atoms with E-state index in [0.717, 1.165) is 5.70 Å². The molecule has 0 heterocycles. The van der Waals surface area contributed by atoms with Crippen LogP contribution >= 0.6 is 0 Å². The van der Waals surface area contributed by atoms with Crippen LogP contribution in [-0.4, -0.2) is 19.0 Å². The minimum absolute atomic E-state index is 0. The zero-order valence-corrected chi connectivity index (χ0v) is 4.65. The lowest BCUT2D eigenvalue weighted by atomic mass is 10.5. The molecule has 0 aromatic rings. The summed E-state index contributed by atoms with van der Waals surface area (Å²) in [6, 6.07) is 0. The molecule has 1 nitrogen and oxygen atoms in total. The van der Waals surface area contributed by atoms with Crippen LogP contribution in [0.3, 0.4) is 0 Å². The van der Waals surface area contributed by atoms with Crippen LogP contribution in [0.2, 0.25) is 0 Å². The maximum absolute atomic E-state index is 3.68. The Labute approximate surface area is 54.0 Å². The van der Waals surface area contributed by atoms with Gasteiger partial charge in [-0.2, -0.15) is 0 Å². The van der Waals surface area contributed by atoms with Crippen molar-refractivity contribution in [2.75, 3.05) is 14.1 Å². The average molecular weight is 117 g/mol. The molecule has 0 bridgehead atoms. The molecule has 0 aliphatic rings. The van der Waals surface area contributed by atoms with Crippen molar-refractivity contribution in [3.05, 3.63) is 12.3 Å². The predicted octanol–water partition coefficient (Wildman–Crippen LogP) is 2.35. The van der Waals surface area contributed by atoms with Gasteiger partial charge in [0.1, 0.15) is 0 Å². The van der Waals surface area contributed by atoms with Crippen molar-refractivity contribution < 1.29 is 0 Å². The predicted molar refractivity (Wildman–Crippen MR) is 42.0 cm³/mol. The van der Waals surface area contributed by atoms with Crippen LogP contribution in [-0.2, 0) is 0 Å². The van der Waals surface area contributed by atoms with E-state index in [0.29, 0.717) is 0 Å². The summed E-state index contributed by atoms with van der Waals surface area (Å²) in [6.45, 7) is 5.65. The summed E-state index contributed by atoms with van der Waals surface area (Å²) in [5.74, 6) is 0.